The van der Waals surface area contributed by atoms with Crippen LogP contribution in [0.5, 0.6) is 0 Å². The second kappa shape index (κ2) is 5.66. The number of hydrogen-bond acceptors (Lipinski definition) is 2. The molecule has 0 unspecified atom stereocenters. The average molecular weight is 314 g/mol. The lowest BCUT2D eigenvalue weighted by Gasteiger charge is -2.07. The lowest BCUT2D eigenvalue weighted by Crippen LogP contribution is -1.99. The van der Waals surface area contributed by atoms with Gasteiger partial charge in [-0.2, -0.15) is 0 Å². The first-order chi connectivity index (χ1) is 11.7. The van der Waals surface area contributed by atoms with Crippen LogP contribution in [0.2, 0.25) is 0 Å². The Hall–Kier alpha value is -3.40. The molecule has 0 aliphatic heterocycles. The molecule has 0 amide bonds. The number of nitrogens with zero attached hydrogens (tertiary/aromatic N) is 2. The minimum atomic E-state index is -0.947. The molecule has 0 bridgehead atoms. The van der Waals surface area contributed by atoms with E-state index in [0.717, 1.165) is 16.8 Å². The SMILES string of the molecule is O=C(O)c1ccnc2ccc(-n3ccc(-c4ccccc4)c3)cc12. The molecule has 4 rings (SSSR count). The lowest BCUT2D eigenvalue weighted by atomic mass is 10.1. The summed E-state index contributed by atoms with van der Waals surface area (Å²) >= 11 is 0. The number of aromatic carboxylic acids is 1. The first-order valence-corrected chi connectivity index (χ1v) is 7.58. The normalized spacial score (nSPS) is 10.8. The fourth-order valence-electron chi connectivity index (χ4n) is 2.84. The number of hydrogen-bond donors (Lipinski definition) is 1. The van der Waals surface area contributed by atoms with Crippen LogP contribution in [0.4, 0.5) is 0 Å². The summed E-state index contributed by atoms with van der Waals surface area (Å²) in [5.41, 5.74) is 4.09. The molecule has 0 aliphatic rings. The maximum atomic E-state index is 11.4. The van der Waals surface area contributed by atoms with Gasteiger partial charge in [-0.1, -0.05) is 30.3 Å². The minimum Gasteiger partial charge on any atom is -0.478 e. The Morgan fingerprint density at radius 3 is 2.58 bits per heavy atom. The van der Waals surface area contributed by atoms with E-state index in [4.69, 9.17) is 0 Å². The molecule has 0 spiro atoms. The monoisotopic (exact) mass is 314 g/mol. The molecular formula is C20H14N2O2. The van der Waals surface area contributed by atoms with Gasteiger partial charge >= 0.3 is 5.97 Å². The molecule has 4 heteroatoms. The standard InChI is InChI=1S/C20H14N2O2/c23-20(24)17-8-10-21-19-7-6-16(12-18(17)19)22-11-9-15(13-22)14-4-2-1-3-5-14/h1-13H,(H,23,24). The molecule has 2 aromatic heterocycles. The van der Waals surface area contributed by atoms with Gasteiger partial charge < -0.3 is 9.67 Å². The van der Waals surface area contributed by atoms with Crippen molar-refractivity contribution in [3.63, 3.8) is 0 Å². The molecule has 24 heavy (non-hydrogen) atoms. The minimum absolute atomic E-state index is 0.261. The van der Waals surface area contributed by atoms with E-state index in [2.05, 4.69) is 17.1 Å². The second-order valence-electron chi connectivity index (χ2n) is 5.54. The third-order valence-electron chi connectivity index (χ3n) is 4.05. The summed E-state index contributed by atoms with van der Waals surface area (Å²) in [5.74, 6) is -0.947. The molecule has 0 fully saturated rings. The summed E-state index contributed by atoms with van der Waals surface area (Å²) in [6, 6.07) is 19.3. The van der Waals surface area contributed by atoms with Crippen molar-refractivity contribution in [3.8, 4) is 16.8 Å². The maximum Gasteiger partial charge on any atom is 0.336 e. The van der Waals surface area contributed by atoms with Gasteiger partial charge in [-0.05, 0) is 41.5 Å². The number of fused-ring (bicyclic) bond motifs is 1. The molecule has 0 saturated heterocycles. The van der Waals surface area contributed by atoms with Crippen LogP contribution in [0, 0.1) is 0 Å². The van der Waals surface area contributed by atoms with Crippen molar-refractivity contribution in [2.75, 3.05) is 0 Å². The summed E-state index contributed by atoms with van der Waals surface area (Å²) < 4.78 is 1.99. The number of carbonyl (C=O) groups is 1. The molecule has 1 N–H and O–H groups in total. The van der Waals surface area contributed by atoms with Crippen molar-refractivity contribution >= 4 is 16.9 Å². The average Bonchev–Trinajstić information content (AvgIpc) is 3.11. The third kappa shape index (κ3) is 2.44. The van der Waals surface area contributed by atoms with Crippen molar-refractivity contribution in [1.82, 2.24) is 9.55 Å². The van der Waals surface area contributed by atoms with Crippen LogP contribution in [0.25, 0.3) is 27.7 Å². The van der Waals surface area contributed by atoms with Gasteiger partial charge in [-0.25, -0.2) is 4.79 Å². The van der Waals surface area contributed by atoms with Crippen LogP contribution in [-0.4, -0.2) is 20.6 Å². The van der Waals surface area contributed by atoms with Crippen LogP contribution < -0.4 is 0 Å². The molecule has 2 aromatic carbocycles. The molecule has 4 nitrogen and oxygen atoms in total. The highest BCUT2D eigenvalue weighted by atomic mass is 16.4. The van der Waals surface area contributed by atoms with E-state index in [1.165, 1.54) is 12.3 Å². The largest absolute Gasteiger partial charge is 0.478 e. The first-order valence-electron chi connectivity index (χ1n) is 7.58. The fraction of sp³-hybridized carbons (Fsp3) is 0. The second-order valence-corrected chi connectivity index (χ2v) is 5.54. The van der Waals surface area contributed by atoms with Crippen molar-refractivity contribution in [2.24, 2.45) is 0 Å². The number of carboxylic acids is 1. The smallest absolute Gasteiger partial charge is 0.336 e. The van der Waals surface area contributed by atoms with Gasteiger partial charge in [0.05, 0.1) is 11.1 Å². The zero-order valence-corrected chi connectivity index (χ0v) is 12.8. The highest BCUT2D eigenvalue weighted by molar-refractivity contribution is 6.02. The lowest BCUT2D eigenvalue weighted by molar-refractivity contribution is 0.0699. The van der Waals surface area contributed by atoms with Gasteiger partial charge in [0, 0.05) is 29.7 Å². The fourth-order valence-corrected chi connectivity index (χ4v) is 2.84. The van der Waals surface area contributed by atoms with Crippen molar-refractivity contribution in [2.45, 2.75) is 0 Å². The molecule has 4 aromatic rings. The zero-order valence-electron chi connectivity index (χ0n) is 12.8. The Morgan fingerprint density at radius 1 is 0.958 bits per heavy atom. The predicted octanol–water partition coefficient (Wildman–Crippen LogP) is 4.39. The summed E-state index contributed by atoms with van der Waals surface area (Å²) in [7, 11) is 0. The van der Waals surface area contributed by atoms with Gasteiger partial charge in [0.15, 0.2) is 0 Å². The van der Waals surface area contributed by atoms with Gasteiger partial charge in [-0.3, -0.25) is 4.98 Å². The Bertz CT molecular complexity index is 1040. The van der Waals surface area contributed by atoms with Crippen LogP contribution in [0.15, 0.2) is 79.3 Å². The Kier molecular flexibility index (Phi) is 3.35. The molecule has 116 valence electrons. The van der Waals surface area contributed by atoms with Gasteiger partial charge in [0.1, 0.15) is 0 Å². The number of aromatic nitrogens is 2. The highest BCUT2D eigenvalue weighted by Crippen LogP contribution is 2.24. The van der Waals surface area contributed by atoms with E-state index in [1.807, 2.05) is 59.4 Å². The number of rotatable bonds is 3. The molecule has 0 atom stereocenters. The first kappa shape index (κ1) is 14.2. The molecule has 0 radical (unpaired) electrons. The molecule has 0 saturated carbocycles. The zero-order chi connectivity index (χ0) is 16.5. The van der Waals surface area contributed by atoms with E-state index in [1.54, 1.807) is 0 Å². The van der Waals surface area contributed by atoms with Crippen LogP contribution >= 0.6 is 0 Å². The molecule has 0 aliphatic carbocycles. The summed E-state index contributed by atoms with van der Waals surface area (Å²) in [6.07, 6.45) is 5.53. The van der Waals surface area contributed by atoms with Crippen LogP contribution in [0.1, 0.15) is 10.4 Å². The maximum absolute atomic E-state index is 11.4. The highest BCUT2D eigenvalue weighted by Gasteiger charge is 2.10. The number of pyridine rings is 1. The van der Waals surface area contributed by atoms with E-state index < -0.39 is 5.97 Å². The quantitative estimate of drug-likeness (QED) is 0.610. The van der Waals surface area contributed by atoms with Crippen LogP contribution in [-0.2, 0) is 0 Å². The van der Waals surface area contributed by atoms with Crippen LogP contribution in [0.3, 0.4) is 0 Å². The summed E-state index contributed by atoms with van der Waals surface area (Å²) in [5, 5.41) is 10.00. The Labute approximate surface area is 138 Å². The van der Waals surface area contributed by atoms with E-state index in [0.29, 0.717) is 10.9 Å². The number of carboxylic acid groups (broad SMARTS) is 1. The van der Waals surface area contributed by atoms with Gasteiger partial charge in [0.25, 0.3) is 0 Å². The van der Waals surface area contributed by atoms with E-state index in [-0.39, 0.29) is 5.56 Å². The van der Waals surface area contributed by atoms with Crippen molar-refractivity contribution in [1.29, 1.82) is 0 Å². The van der Waals surface area contributed by atoms with Gasteiger partial charge in [-0.15, -0.1) is 0 Å². The van der Waals surface area contributed by atoms with E-state index in [9.17, 15) is 9.90 Å². The third-order valence-corrected chi connectivity index (χ3v) is 4.05. The summed E-state index contributed by atoms with van der Waals surface area (Å²) in [4.78, 5) is 15.7. The summed E-state index contributed by atoms with van der Waals surface area (Å²) in [6.45, 7) is 0. The van der Waals surface area contributed by atoms with Gasteiger partial charge in [0.2, 0.25) is 0 Å². The Morgan fingerprint density at radius 2 is 1.79 bits per heavy atom. The molecular weight excluding hydrogens is 300 g/mol. The topological polar surface area (TPSA) is 55.1 Å². The van der Waals surface area contributed by atoms with Crippen molar-refractivity contribution < 1.29 is 9.90 Å². The number of benzene rings is 2. The predicted molar refractivity (Wildman–Crippen MR) is 93.5 cm³/mol. The van der Waals surface area contributed by atoms with Crippen molar-refractivity contribution in [3.05, 3.63) is 84.8 Å². The Balaban J connectivity index is 1.81. The van der Waals surface area contributed by atoms with E-state index >= 15 is 0 Å². The molecule has 2 heterocycles.